The van der Waals surface area contributed by atoms with Crippen molar-refractivity contribution in [3.8, 4) is 0 Å². The molecule has 6 heteroatoms. The molecule has 138 valence electrons. The minimum atomic E-state index is -3.52. The molecule has 5 nitrogen and oxygen atoms in total. The molecule has 0 radical (unpaired) electrons. The van der Waals surface area contributed by atoms with Gasteiger partial charge in [0.05, 0.1) is 10.5 Å². The number of sulfonamides is 1. The van der Waals surface area contributed by atoms with E-state index in [2.05, 4.69) is 6.07 Å². The monoisotopic (exact) mass is 373 g/mol. The molecular weight excluding hydrogens is 350 g/mol. The lowest BCUT2D eigenvalue weighted by Crippen LogP contribution is -2.30. The van der Waals surface area contributed by atoms with Crippen LogP contribution in [0.15, 0.2) is 53.4 Å². The summed E-state index contributed by atoms with van der Waals surface area (Å²) in [5, 5.41) is 0. The number of carbonyl (C=O) groups is 1. The molecule has 0 amide bonds. The second-order valence-electron chi connectivity index (χ2n) is 6.25. The molecular formula is C20H23NO4S. The molecule has 0 heterocycles. The molecule has 0 fully saturated rings. The largest absolute Gasteiger partial charge is 0.454 e. The summed E-state index contributed by atoms with van der Waals surface area (Å²) in [5.74, 6) is -0.432. The summed E-state index contributed by atoms with van der Waals surface area (Å²) in [7, 11) is -3.52. The lowest BCUT2D eigenvalue weighted by atomic mass is 10.1. The number of benzene rings is 2. The van der Waals surface area contributed by atoms with E-state index in [9.17, 15) is 13.2 Å². The van der Waals surface area contributed by atoms with Crippen LogP contribution in [0.1, 0.15) is 47.9 Å². The number of hydrogen-bond acceptors (Lipinski definition) is 4. The zero-order valence-corrected chi connectivity index (χ0v) is 15.8. The standard InChI is InChI=1S/C20H23NO4S/c1-3-21(4-2)26(23,24)17-12-9-16(10-13-17)20(22)25-19-14-11-15-7-5-6-8-18(15)19/h5-10,12-13,19H,3-4,11,14H2,1-2H3/t19-/m1/s1. The molecule has 1 aliphatic rings. The average molecular weight is 373 g/mol. The number of rotatable bonds is 6. The fourth-order valence-electron chi connectivity index (χ4n) is 3.31. The van der Waals surface area contributed by atoms with Gasteiger partial charge in [-0.3, -0.25) is 0 Å². The summed E-state index contributed by atoms with van der Waals surface area (Å²) in [5.41, 5.74) is 2.63. The van der Waals surface area contributed by atoms with Crippen LogP contribution in [-0.4, -0.2) is 31.8 Å². The SMILES string of the molecule is CCN(CC)S(=O)(=O)c1ccc(C(=O)O[C@@H]2CCc3ccccc32)cc1. The first-order chi connectivity index (χ1) is 12.5. The minimum absolute atomic E-state index is 0.184. The predicted molar refractivity (Wildman–Crippen MR) is 99.5 cm³/mol. The maximum atomic E-state index is 12.5. The van der Waals surface area contributed by atoms with E-state index in [0.29, 0.717) is 18.7 Å². The summed E-state index contributed by atoms with van der Waals surface area (Å²) in [6, 6.07) is 13.9. The molecule has 1 atom stereocenters. The van der Waals surface area contributed by atoms with Crippen LogP contribution >= 0.6 is 0 Å². The van der Waals surface area contributed by atoms with E-state index in [-0.39, 0.29) is 11.0 Å². The fraction of sp³-hybridized carbons (Fsp3) is 0.350. The van der Waals surface area contributed by atoms with Crippen molar-refractivity contribution in [3.63, 3.8) is 0 Å². The van der Waals surface area contributed by atoms with Crippen molar-refractivity contribution < 1.29 is 17.9 Å². The first-order valence-electron chi connectivity index (χ1n) is 8.86. The topological polar surface area (TPSA) is 63.7 Å². The number of ether oxygens (including phenoxy) is 1. The van der Waals surface area contributed by atoms with E-state index < -0.39 is 16.0 Å². The van der Waals surface area contributed by atoms with Crippen LogP contribution in [-0.2, 0) is 21.2 Å². The highest BCUT2D eigenvalue weighted by Crippen LogP contribution is 2.34. The molecule has 0 N–H and O–H groups in total. The zero-order chi connectivity index (χ0) is 18.7. The smallest absolute Gasteiger partial charge is 0.338 e. The lowest BCUT2D eigenvalue weighted by Gasteiger charge is -2.18. The van der Waals surface area contributed by atoms with Crippen LogP contribution in [0.4, 0.5) is 0 Å². The molecule has 0 saturated heterocycles. The predicted octanol–water partition coefficient (Wildman–Crippen LogP) is 3.56. The molecule has 3 rings (SSSR count). The van der Waals surface area contributed by atoms with E-state index >= 15 is 0 Å². The Bertz CT molecular complexity index is 886. The van der Waals surface area contributed by atoms with Crippen molar-refractivity contribution in [2.75, 3.05) is 13.1 Å². The van der Waals surface area contributed by atoms with Gasteiger partial charge < -0.3 is 4.74 Å². The Balaban J connectivity index is 1.74. The molecule has 0 unspecified atom stereocenters. The summed E-state index contributed by atoms with van der Waals surface area (Å²) in [4.78, 5) is 12.6. The van der Waals surface area contributed by atoms with Crippen LogP contribution in [0.3, 0.4) is 0 Å². The number of esters is 1. The third-order valence-electron chi connectivity index (χ3n) is 4.76. The Hall–Kier alpha value is -2.18. The minimum Gasteiger partial charge on any atom is -0.454 e. The number of hydrogen-bond donors (Lipinski definition) is 0. The zero-order valence-electron chi connectivity index (χ0n) is 15.0. The van der Waals surface area contributed by atoms with Crippen LogP contribution < -0.4 is 0 Å². The van der Waals surface area contributed by atoms with Gasteiger partial charge in [-0.2, -0.15) is 4.31 Å². The van der Waals surface area contributed by atoms with Gasteiger partial charge in [-0.25, -0.2) is 13.2 Å². The first kappa shape index (κ1) is 18.6. The van der Waals surface area contributed by atoms with Crippen LogP contribution in [0, 0.1) is 0 Å². The number of carbonyl (C=O) groups excluding carboxylic acids is 1. The van der Waals surface area contributed by atoms with Gasteiger partial charge in [0, 0.05) is 13.1 Å². The summed E-state index contributed by atoms with van der Waals surface area (Å²) >= 11 is 0. The molecule has 0 bridgehead atoms. The van der Waals surface area contributed by atoms with E-state index in [0.717, 1.165) is 18.4 Å². The Labute approximate surface area is 154 Å². The Morgan fingerprint density at radius 3 is 2.38 bits per heavy atom. The average Bonchev–Trinajstić information content (AvgIpc) is 3.05. The van der Waals surface area contributed by atoms with E-state index in [1.807, 2.05) is 18.2 Å². The lowest BCUT2D eigenvalue weighted by molar-refractivity contribution is 0.0301. The molecule has 2 aromatic rings. The highest BCUT2D eigenvalue weighted by atomic mass is 32.2. The van der Waals surface area contributed by atoms with Crippen LogP contribution in [0.25, 0.3) is 0 Å². The third-order valence-corrected chi connectivity index (χ3v) is 6.82. The molecule has 0 saturated carbocycles. The molecule has 2 aromatic carbocycles. The number of nitrogens with zero attached hydrogens (tertiary/aromatic N) is 1. The van der Waals surface area contributed by atoms with Crippen molar-refractivity contribution >= 4 is 16.0 Å². The van der Waals surface area contributed by atoms with Gasteiger partial charge in [0.15, 0.2) is 0 Å². The second kappa shape index (κ2) is 7.60. The molecule has 0 spiro atoms. The quantitative estimate of drug-likeness (QED) is 0.726. The summed E-state index contributed by atoms with van der Waals surface area (Å²) in [6.45, 7) is 4.41. The van der Waals surface area contributed by atoms with E-state index in [1.54, 1.807) is 13.8 Å². The van der Waals surface area contributed by atoms with Gasteiger partial charge in [-0.15, -0.1) is 0 Å². The summed E-state index contributed by atoms with van der Waals surface area (Å²) < 4.78 is 32.0. The maximum Gasteiger partial charge on any atom is 0.338 e. The molecule has 26 heavy (non-hydrogen) atoms. The van der Waals surface area contributed by atoms with Crippen molar-refractivity contribution in [1.82, 2.24) is 4.31 Å². The molecule has 0 aromatic heterocycles. The number of fused-ring (bicyclic) bond motifs is 1. The van der Waals surface area contributed by atoms with Crippen LogP contribution in [0.5, 0.6) is 0 Å². The molecule has 1 aliphatic carbocycles. The Morgan fingerprint density at radius 1 is 1.08 bits per heavy atom. The molecule has 0 aliphatic heterocycles. The highest BCUT2D eigenvalue weighted by Gasteiger charge is 2.26. The van der Waals surface area contributed by atoms with Gasteiger partial charge in [-0.1, -0.05) is 38.1 Å². The Kier molecular flexibility index (Phi) is 5.44. The van der Waals surface area contributed by atoms with Gasteiger partial charge in [-0.05, 0) is 48.2 Å². The van der Waals surface area contributed by atoms with Gasteiger partial charge in [0.2, 0.25) is 10.0 Å². The Morgan fingerprint density at radius 2 is 1.73 bits per heavy atom. The van der Waals surface area contributed by atoms with Crippen molar-refractivity contribution in [2.24, 2.45) is 0 Å². The van der Waals surface area contributed by atoms with E-state index in [4.69, 9.17) is 4.74 Å². The summed E-state index contributed by atoms with van der Waals surface area (Å²) in [6.07, 6.45) is 1.44. The van der Waals surface area contributed by atoms with Crippen molar-refractivity contribution in [2.45, 2.75) is 37.7 Å². The van der Waals surface area contributed by atoms with Crippen molar-refractivity contribution in [1.29, 1.82) is 0 Å². The van der Waals surface area contributed by atoms with Crippen LogP contribution in [0.2, 0.25) is 0 Å². The second-order valence-corrected chi connectivity index (χ2v) is 8.18. The van der Waals surface area contributed by atoms with Gasteiger partial charge in [0.1, 0.15) is 6.10 Å². The normalized spacial score (nSPS) is 16.5. The van der Waals surface area contributed by atoms with Crippen molar-refractivity contribution in [3.05, 3.63) is 65.2 Å². The fourth-order valence-corrected chi connectivity index (χ4v) is 4.77. The third kappa shape index (κ3) is 3.52. The van der Waals surface area contributed by atoms with E-state index in [1.165, 1.54) is 34.1 Å². The van der Waals surface area contributed by atoms with Gasteiger partial charge in [0.25, 0.3) is 0 Å². The number of aryl methyl sites for hydroxylation is 1. The first-order valence-corrected chi connectivity index (χ1v) is 10.3. The maximum absolute atomic E-state index is 12.5. The highest BCUT2D eigenvalue weighted by molar-refractivity contribution is 7.89. The van der Waals surface area contributed by atoms with Gasteiger partial charge >= 0.3 is 5.97 Å².